The number of fused-ring (bicyclic) bond motifs is 1. The highest BCUT2D eigenvalue weighted by atomic mass is 16.5. The van der Waals surface area contributed by atoms with Crippen LogP contribution in [0.15, 0.2) is 59.4 Å². The number of esters is 1. The molecule has 0 bridgehead atoms. The Morgan fingerprint density at radius 1 is 1.00 bits per heavy atom. The Bertz CT molecular complexity index is 1170. The highest BCUT2D eigenvalue weighted by molar-refractivity contribution is 6.05. The molecule has 3 aromatic rings. The van der Waals surface area contributed by atoms with Crippen molar-refractivity contribution in [2.45, 2.75) is 20.8 Å². The summed E-state index contributed by atoms with van der Waals surface area (Å²) in [5.41, 5.74) is 0.552. The van der Waals surface area contributed by atoms with Crippen molar-refractivity contribution in [3.05, 3.63) is 76.1 Å². The van der Waals surface area contributed by atoms with Gasteiger partial charge >= 0.3 is 5.97 Å². The minimum absolute atomic E-state index is 0.0994. The smallest absolute Gasteiger partial charge is 0.339 e. The largest absolute Gasteiger partial charge is 0.454 e. The molecule has 7 nitrogen and oxygen atoms in total. The molecule has 1 aromatic heterocycles. The number of pyridine rings is 1. The summed E-state index contributed by atoms with van der Waals surface area (Å²) in [4.78, 5) is 51.3. The molecule has 0 radical (unpaired) electrons. The number of carbonyl (C=O) groups excluding carboxylic acids is 3. The van der Waals surface area contributed by atoms with Crippen molar-refractivity contribution in [3.63, 3.8) is 0 Å². The van der Waals surface area contributed by atoms with Gasteiger partial charge in [-0.1, -0.05) is 39.0 Å². The second-order valence-electron chi connectivity index (χ2n) is 7.87. The number of ketones is 1. The van der Waals surface area contributed by atoms with Gasteiger partial charge in [0.25, 0.3) is 0 Å². The summed E-state index contributed by atoms with van der Waals surface area (Å²) < 4.78 is 5.14. The van der Waals surface area contributed by atoms with E-state index in [9.17, 15) is 19.2 Å². The number of rotatable bonds is 5. The van der Waals surface area contributed by atoms with E-state index in [0.717, 1.165) is 6.07 Å². The average Bonchev–Trinajstić information content (AvgIpc) is 2.71. The lowest BCUT2D eigenvalue weighted by molar-refractivity contribution is -0.123. The maximum atomic E-state index is 12.4. The molecular formula is C23H22N2O5. The maximum absolute atomic E-state index is 12.4. The second kappa shape index (κ2) is 8.32. The van der Waals surface area contributed by atoms with E-state index in [2.05, 4.69) is 10.3 Å². The van der Waals surface area contributed by atoms with E-state index in [-0.39, 0.29) is 11.5 Å². The topological polar surface area (TPSA) is 105 Å². The molecule has 2 N–H and O–H groups in total. The zero-order valence-electron chi connectivity index (χ0n) is 16.9. The molecule has 0 aliphatic rings. The molecule has 0 saturated carbocycles. The first-order valence-corrected chi connectivity index (χ1v) is 9.39. The van der Waals surface area contributed by atoms with Crippen molar-refractivity contribution in [2.75, 3.05) is 11.9 Å². The lowest BCUT2D eigenvalue weighted by atomic mass is 9.95. The number of hydrogen-bond acceptors (Lipinski definition) is 5. The van der Waals surface area contributed by atoms with Crippen LogP contribution in [0, 0.1) is 5.41 Å². The van der Waals surface area contributed by atoms with Gasteiger partial charge in [-0.3, -0.25) is 14.4 Å². The predicted octanol–water partition coefficient (Wildman–Crippen LogP) is 3.55. The molecule has 1 heterocycles. The first-order valence-electron chi connectivity index (χ1n) is 9.39. The van der Waals surface area contributed by atoms with Crippen LogP contribution in [-0.4, -0.2) is 29.3 Å². The third kappa shape index (κ3) is 4.81. The Morgan fingerprint density at radius 3 is 2.33 bits per heavy atom. The fourth-order valence-corrected chi connectivity index (χ4v) is 2.72. The fourth-order valence-electron chi connectivity index (χ4n) is 2.72. The number of aromatic amines is 1. The Morgan fingerprint density at radius 2 is 1.67 bits per heavy atom. The number of amides is 1. The summed E-state index contributed by atoms with van der Waals surface area (Å²) >= 11 is 0. The summed E-state index contributed by atoms with van der Waals surface area (Å²) in [5.74, 6) is -1.29. The molecule has 1 amide bonds. The SMILES string of the molecule is CC(C)(C)C(=O)Nc1ccc(C(=O)COC(=O)c2cc(=O)[nH]c3ccccc23)cc1. The van der Waals surface area contributed by atoms with Crippen LogP contribution in [0.1, 0.15) is 41.5 Å². The van der Waals surface area contributed by atoms with Gasteiger partial charge < -0.3 is 15.0 Å². The van der Waals surface area contributed by atoms with Gasteiger partial charge in [-0.25, -0.2) is 4.79 Å². The van der Waals surface area contributed by atoms with Crippen LogP contribution >= 0.6 is 0 Å². The monoisotopic (exact) mass is 406 g/mol. The van der Waals surface area contributed by atoms with Crippen molar-refractivity contribution >= 4 is 34.3 Å². The summed E-state index contributed by atoms with van der Waals surface area (Å²) in [6, 6.07) is 14.3. The molecule has 7 heteroatoms. The Kier molecular flexibility index (Phi) is 5.82. The molecule has 154 valence electrons. The van der Waals surface area contributed by atoms with Gasteiger partial charge in [0.2, 0.25) is 11.5 Å². The zero-order chi connectivity index (χ0) is 21.9. The summed E-state index contributed by atoms with van der Waals surface area (Å²) in [5, 5.41) is 3.31. The van der Waals surface area contributed by atoms with Crippen LogP contribution in [0.5, 0.6) is 0 Å². The van der Waals surface area contributed by atoms with E-state index in [1.807, 2.05) is 0 Å². The number of nitrogens with one attached hydrogen (secondary N) is 2. The summed E-state index contributed by atoms with van der Waals surface area (Å²) in [6.45, 7) is 4.95. The summed E-state index contributed by atoms with van der Waals surface area (Å²) in [7, 11) is 0. The minimum atomic E-state index is -0.750. The number of anilines is 1. The van der Waals surface area contributed by atoms with Gasteiger partial charge in [-0.2, -0.15) is 0 Å². The van der Waals surface area contributed by atoms with Gasteiger partial charge in [0.1, 0.15) is 0 Å². The molecule has 0 aliphatic heterocycles. The van der Waals surface area contributed by atoms with Crippen LogP contribution < -0.4 is 10.9 Å². The molecule has 2 aromatic carbocycles. The predicted molar refractivity (Wildman–Crippen MR) is 114 cm³/mol. The second-order valence-corrected chi connectivity index (χ2v) is 7.87. The molecular weight excluding hydrogens is 384 g/mol. The van der Waals surface area contributed by atoms with Crippen molar-refractivity contribution in [1.29, 1.82) is 0 Å². The number of hydrogen-bond donors (Lipinski definition) is 2. The number of Topliss-reactive ketones (excluding diaryl/α,β-unsaturated/α-hetero) is 1. The number of benzene rings is 2. The van der Waals surface area contributed by atoms with Crippen LogP contribution in [0.3, 0.4) is 0 Å². The number of para-hydroxylation sites is 1. The molecule has 0 fully saturated rings. The maximum Gasteiger partial charge on any atom is 0.339 e. The van der Waals surface area contributed by atoms with Crippen molar-refractivity contribution in [1.82, 2.24) is 4.98 Å². The lowest BCUT2D eigenvalue weighted by Gasteiger charge is -2.17. The van der Waals surface area contributed by atoms with E-state index in [0.29, 0.717) is 22.2 Å². The van der Waals surface area contributed by atoms with Crippen LogP contribution in [-0.2, 0) is 9.53 Å². The van der Waals surface area contributed by atoms with Crippen LogP contribution in [0.4, 0.5) is 5.69 Å². The van der Waals surface area contributed by atoms with Crippen LogP contribution in [0.25, 0.3) is 10.9 Å². The molecule has 3 rings (SSSR count). The minimum Gasteiger partial charge on any atom is -0.454 e. The third-order valence-corrected chi connectivity index (χ3v) is 4.45. The average molecular weight is 406 g/mol. The molecule has 0 aliphatic carbocycles. The van der Waals surface area contributed by atoms with Crippen LogP contribution in [0.2, 0.25) is 0 Å². The number of carbonyl (C=O) groups is 3. The Balaban J connectivity index is 1.67. The van der Waals surface area contributed by atoms with Gasteiger partial charge in [0.05, 0.1) is 5.56 Å². The van der Waals surface area contributed by atoms with E-state index in [1.54, 1.807) is 69.3 Å². The van der Waals surface area contributed by atoms with Gasteiger partial charge in [-0.15, -0.1) is 0 Å². The van der Waals surface area contributed by atoms with Gasteiger partial charge in [-0.05, 0) is 30.3 Å². The van der Waals surface area contributed by atoms with Gasteiger partial charge in [0.15, 0.2) is 12.4 Å². The summed E-state index contributed by atoms with van der Waals surface area (Å²) in [6.07, 6.45) is 0. The standard InChI is InChI=1S/C23H22N2O5/c1-23(2,3)22(29)24-15-10-8-14(9-11-15)19(26)13-30-21(28)17-12-20(27)25-18-7-5-4-6-16(17)18/h4-12H,13H2,1-3H3,(H,24,29)(H,25,27). The molecule has 0 saturated heterocycles. The van der Waals surface area contributed by atoms with Crippen molar-refractivity contribution < 1.29 is 19.1 Å². The first-order chi connectivity index (χ1) is 14.1. The van der Waals surface area contributed by atoms with E-state index < -0.39 is 29.3 Å². The van der Waals surface area contributed by atoms with E-state index in [1.165, 1.54) is 0 Å². The number of ether oxygens (including phenoxy) is 1. The quantitative estimate of drug-likeness (QED) is 0.498. The Labute approximate surface area is 173 Å². The van der Waals surface area contributed by atoms with Crippen molar-refractivity contribution in [3.8, 4) is 0 Å². The lowest BCUT2D eigenvalue weighted by Crippen LogP contribution is -2.27. The first kappa shape index (κ1) is 21.0. The Hall–Kier alpha value is -3.74. The molecule has 0 unspecified atom stereocenters. The van der Waals surface area contributed by atoms with Gasteiger partial charge in [0, 0.05) is 33.6 Å². The van der Waals surface area contributed by atoms with E-state index in [4.69, 9.17) is 4.74 Å². The zero-order valence-corrected chi connectivity index (χ0v) is 16.9. The number of H-pyrrole nitrogens is 1. The molecule has 0 spiro atoms. The third-order valence-electron chi connectivity index (χ3n) is 4.45. The highest BCUT2D eigenvalue weighted by Gasteiger charge is 2.21. The molecule has 30 heavy (non-hydrogen) atoms. The fraction of sp³-hybridized carbons (Fsp3) is 0.217. The van der Waals surface area contributed by atoms with E-state index >= 15 is 0 Å². The van der Waals surface area contributed by atoms with Crippen molar-refractivity contribution in [2.24, 2.45) is 5.41 Å². The highest BCUT2D eigenvalue weighted by Crippen LogP contribution is 2.18. The molecule has 0 atom stereocenters. The number of aromatic nitrogens is 1. The normalized spacial score (nSPS) is 11.2.